The van der Waals surface area contributed by atoms with E-state index >= 15 is 0 Å². The highest BCUT2D eigenvalue weighted by atomic mass is 35.5. The van der Waals surface area contributed by atoms with Crippen LogP contribution in [-0.2, 0) is 9.53 Å². The Bertz CT molecular complexity index is 248. The van der Waals surface area contributed by atoms with Crippen LogP contribution in [0.2, 0.25) is 0 Å². The average molecular weight is 291 g/mol. The summed E-state index contributed by atoms with van der Waals surface area (Å²) in [4.78, 5) is 11.2. The van der Waals surface area contributed by atoms with Crippen molar-refractivity contribution in [3.63, 3.8) is 0 Å². The van der Waals surface area contributed by atoms with Crippen LogP contribution in [-0.4, -0.2) is 44.9 Å². The minimum absolute atomic E-state index is 0. The lowest BCUT2D eigenvalue weighted by molar-refractivity contribution is -0.173. The predicted octanol–water partition coefficient (Wildman–Crippen LogP) is 1.10. The second-order valence-corrected chi connectivity index (χ2v) is 4.09. The summed E-state index contributed by atoms with van der Waals surface area (Å²) >= 11 is 0. The van der Waals surface area contributed by atoms with Gasteiger partial charge in [-0.2, -0.15) is 13.2 Å². The lowest BCUT2D eigenvalue weighted by atomic mass is 10.4. The molecule has 0 aromatic carbocycles. The van der Waals surface area contributed by atoms with Crippen LogP contribution in [0.1, 0.15) is 12.8 Å². The Labute approximate surface area is 110 Å². The summed E-state index contributed by atoms with van der Waals surface area (Å²) in [5.41, 5.74) is 0. The summed E-state index contributed by atoms with van der Waals surface area (Å²) in [5, 5.41) is 5.45. The number of alkyl halides is 3. The van der Waals surface area contributed by atoms with Crippen LogP contribution in [0.4, 0.5) is 13.2 Å². The van der Waals surface area contributed by atoms with Gasteiger partial charge < -0.3 is 15.4 Å². The monoisotopic (exact) mass is 290 g/mol. The molecule has 4 nitrogen and oxygen atoms in total. The van der Waals surface area contributed by atoms with Crippen molar-refractivity contribution in [2.45, 2.75) is 19.0 Å². The third kappa shape index (κ3) is 10.6. The van der Waals surface area contributed by atoms with E-state index in [2.05, 4.69) is 15.4 Å². The van der Waals surface area contributed by atoms with E-state index in [0.717, 1.165) is 6.54 Å². The van der Waals surface area contributed by atoms with Gasteiger partial charge in [0.15, 0.2) is 0 Å². The molecule has 1 rings (SSSR count). The van der Waals surface area contributed by atoms with E-state index in [1.807, 2.05) is 0 Å². The molecule has 0 radical (unpaired) electrons. The van der Waals surface area contributed by atoms with Crippen molar-refractivity contribution < 1.29 is 22.7 Å². The van der Waals surface area contributed by atoms with E-state index in [0.29, 0.717) is 5.92 Å². The van der Waals surface area contributed by atoms with Gasteiger partial charge in [-0.3, -0.25) is 4.79 Å². The Morgan fingerprint density at radius 3 is 2.56 bits per heavy atom. The van der Waals surface area contributed by atoms with Gasteiger partial charge in [0.1, 0.15) is 6.61 Å². The first-order valence-electron chi connectivity index (χ1n) is 5.59. The highest BCUT2D eigenvalue weighted by molar-refractivity contribution is 5.85. The Hall–Kier alpha value is -0.530. The lowest BCUT2D eigenvalue weighted by Crippen LogP contribution is -2.36. The second kappa shape index (κ2) is 8.55. The Morgan fingerprint density at radius 2 is 2.00 bits per heavy atom. The summed E-state index contributed by atoms with van der Waals surface area (Å²) in [6.45, 7) is -0.273. The van der Waals surface area contributed by atoms with Crippen LogP contribution in [0.5, 0.6) is 0 Å². The van der Waals surface area contributed by atoms with Crippen LogP contribution in [0, 0.1) is 5.92 Å². The molecule has 0 aromatic heterocycles. The van der Waals surface area contributed by atoms with E-state index in [1.165, 1.54) is 12.8 Å². The molecule has 0 unspecified atom stereocenters. The van der Waals surface area contributed by atoms with Gasteiger partial charge in [-0.15, -0.1) is 12.4 Å². The summed E-state index contributed by atoms with van der Waals surface area (Å²) in [6.07, 6.45) is -1.89. The molecule has 1 aliphatic rings. The summed E-state index contributed by atoms with van der Waals surface area (Å²) < 4.78 is 39.3. The van der Waals surface area contributed by atoms with Crippen LogP contribution in [0.25, 0.3) is 0 Å². The molecular weight excluding hydrogens is 273 g/mol. The zero-order valence-corrected chi connectivity index (χ0v) is 10.7. The Balaban J connectivity index is 0.00000289. The average Bonchev–Trinajstić information content (AvgIpc) is 2.99. The van der Waals surface area contributed by atoms with E-state index in [-0.39, 0.29) is 38.0 Å². The molecule has 0 heterocycles. The normalized spacial score (nSPS) is 15.1. The fourth-order valence-electron chi connectivity index (χ4n) is 1.22. The zero-order chi connectivity index (χ0) is 12.7. The first kappa shape index (κ1) is 17.5. The Morgan fingerprint density at radius 1 is 1.33 bits per heavy atom. The van der Waals surface area contributed by atoms with Crippen molar-refractivity contribution in [2.24, 2.45) is 5.92 Å². The molecule has 0 atom stereocenters. The maximum atomic E-state index is 11.7. The zero-order valence-electron chi connectivity index (χ0n) is 9.89. The molecule has 1 saturated carbocycles. The van der Waals surface area contributed by atoms with Crippen LogP contribution in [0.3, 0.4) is 0 Å². The first-order valence-corrected chi connectivity index (χ1v) is 5.59. The van der Waals surface area contributed by atoms with Gasteiger partial charge in [0.25, 0.3) is 0 Å². The molecule has 1 amide bonds. The summed E-state index contributed by atoms with van der Waals surface area (Å²) in [6, 6.07) is 0. The molecule has 1 fully saturated rings. The number of hydrogen-bond acceptors (Lipinski definition) is 3. The van der Waals surface area contributed by atoms with Crippen molar-refractivity contribution in [1.82, 2.24) is 10.6 Å². The van der Waals surface area contributed by atoms with Crippen molar-refractivity contribution in [2.75, 3.05) is 32.8 Å². The molecular formula is C10H18ClF3N2O2. The van der Waals surface area contributed by atoms with Gasteiger partial charge in [-0.25, -0.2) is 0 Å². The van der Waals surface area contributed by atoms with E-state index in [4.69, 9.17) is 0 Å². The van der Waals surface area contributed by atoms with E-state index < -0.39 is 12.8 Å². The number of amides is 1. The third-order valence-electron chi connectivity index (χ3n) is 2.25. The van der Waals surface area contributed by atoms with Gasteiger partial charge >= 0.3 is 6.18 Å². The first-order chi connectivity index (χ1) is 7.97. The van der Waals surface area contributed by atoms with Crippen molar-refractivity contribution in [3.8, 4) is 0 Å². The van der Waals surface area contributed by atoms with Crippen LogP contribution < -0.4 is 10.6 Å². The van der Waals surface area contributed by atoms with E-state index in [9.17, 15) is 18.0 Å². The van der Waals surface area contributed by atoms with Gasteiger partial charge in [0.05, 0.1) is 13.2 Å². The molecule has 1 aliphatic carbocycles. The van der Waals surface area contributed by atoms with Crippen molar-refractivity contribution in [3.05, 3.63) is 0 Å². The number of nitrogens with one attached hydrogen (secondary N) is 2. The van der Waals surface area contributed by atoms with Crippen LogP contribution in [0.15, 0.2) is 0 Å². The van der Waals surface area contributed by atoms with Gasteiger partial charge in [-0.05, 0) is 25.3 Å². The standard InChI is InChI=1S/C10H17F3N2O2.ClH/c11-10(12,13)7-17-4-3-15-9(16)6-14-5-8-1-2-8;/h8,14H,1-7H2,(H,15,16);1H. The predicted molar refractivity (Wildman–Crippen MR) is 62.7 cm³/mol. The third-order valence-corrected chi connectivity index (χ3v) is 2.25. The quantitative estimate of drug-likeness (QED) is 0.658. The number of rotatable bonds is 8. The minimum atomic E-state index is -4.31. The summed E-state index contributed by atoms with van der Waals surface area (Å²) in [7, 11) is 0. The number of halogens is 4. The fraction of sp³-hybridized carbons (Fsp3) is 0.900. The maximum absolute atomic E-state index is 11.7. The molecule has 0 spiro atoms. The molecule has 2 N–H and O–H groups in total. The van der Waals surface area contributed by atoms with Gasteiger partial charge in [0.2, 0.25) is 5.91 Å². The number of carbonyl (C=O) groups excluding carboxylic acids is 1. The largest absolute Gasteiger partial charge is 0.411 e. The number of carbonyl (C=O) groups is 1. The van der Waals surface area contributed by atoms with Crippen molar-refractivity contribution >= 4 is 18.3 Å². The summed E-state index contributed by atoms with van der Waals surface area (Å²) in [5.74, 6) is 0.471. The smallest absolute Gasteiger partial charge is 0.370 e. The molecule has 8 heteroatoms. The molecule has 108 valence electrons. The topological polar surface area (TPSA) is 50.4 Å². The number of hydrogen-bond donors (Lipinski definition) is 2. The van der Waals surface area contributed by atoms with Crippen molar-refractivity contribution in [1.29, 1.82) is 0 Å². The highest BCUT2D eigenvalue weighted by Gasteiger charge is 2.27. The molecule has 0 aliphatic heterocycles. The van der Waals surface area contributed by atoms with Gasteiger partial charge in [0, 0.05) is 6.54 Å². The SMILES string of the molecule is Cl.O=C(CNCC1CC1)NCCOCC(F)(F)F. The second-order valence-electron chi connectivity index (χ2n) is 4.09. The maximum Gasteiger partial charge on any atom is 0.411 e. The fourth-order valence-corrected chi connectivity index (χ4v) is 1.22. The molecule has 0 saturated heterocycles. The molecule has 0 bridgehead atoms. The van der Waals surface area contributed by atoms with E-state index in [1.54, 1.807) is 0 Å². The molecule has 0 aromatic rings. The van der Waals surface area contributed by atoms with Gasteiger partial charge in [-0.1, -0.05) is 0 Å². The highest BCUT2D eigenvalue weighted by Crippen LogP contribution is 2.27. The lowest BCUT2D eigenvalue weighted by Gasteiger charge is -2.08. The van der Waals surface area contributed by atoms with Crippen LogP contribution >= 0.6 is 12.4 Å². The molecule has 18 heavy (non-hydrogen) atoms. The Kier molecular flexibility index (Phi) is 8.30. The minimum Gasteiger partial charge on any atom is -0.370 e. The number of ether oxygens (including phenoxy) is 1.